The van der Waals surface area contributed by atoms with E-state index in [9.17, 15) is 14.7 Å². The Labute approximate surface area is 162 Å². The quantitative estimate of drug-likeness (QED) is 0.674. The largest absolute Gasteiger partial charge is 0.480 e. The normalized spacial score (nSPS) is 12.9. The van der Waals surface area contributed by atoms with Crippen LogP contribution in [0.1, 0.15) is 18.5 Å². The molecule has 0 saturated carbocycles. The van der Waals surface area contributed by atoms with Crippen LogP contribution in [0.15, 0.2) is 60.7 Å². The topological polar surface area (TPSA) is 101 Å². The van der Waals surface area contributed by atoms with E-state index >= 15 is 0 Å². The van der Waals surface area contributed by atoms with Gasteiger partial charge in [0.15, 0.2) is 0 Å². The minimum absolute atomic E-state index is 0.213. The van der Waals surface area contributed by atoms with Crippen molar-refractivity contribution in [2.45, 2.75) is 25.4 Å². The van der Waals surface area contributed by atoms with Gasteiger partial charge in [-0.25, -0.2) is 4.79 Å². The molecule has 1 amide bonds. The lowest BCUT2D eigenvalue weighted by atomic mass is 10.0. The second-order valence-electron chi connectivity index (χ2n) is 6.47. The van der Waals surface area contributed by atoms with E-state index in [4.69, 9.17) is 0 Å². The smallest absolute Gasteiger partial charge is 0.326 e. The van der Waals surface area contributed by atoms with Gasteiger partial charge in [-0.15, -0.1) is 10.2 Å². The third kappa shape index (κ3) is 4.22. The highest BCUT2D eigenvalue weighted by Gasteiger charge is 2.31. The van der Waals surface area contributed by atoms with Crippen LogP contribution >= 0.6 is 0 Å². The van der Waals surface area contributed by atoms with Gasteiger partial charge in [0.1, 0.15) is 12.1 Å². The van der Waals surface area contributed by atoms with E-state index in [1.807, 2.05) is 60.7 Å². The van der Waals surface area contributed by atoms with Gasteiger partial charge in [0, 0.05) is 19.0 Å². The number of benzene rings is 2. The molecule has 144 valence electrons. The Kier molecular flexibility index (Phi) is 5.78. The predicted octanol–water partition coefficient (Wildman–Crippen LogP) is 2.06. The summed E-state index contributed by atoms with van der Waals surface area (Å²) in [5.74, 6) is -1.06. The average molecular weight is 379 g/mol. The molecule has 8 nitrogen and oxygen atoms in total. The number of tetrazole rings is 1. The first-order valence-corrected chi connectivity index (χ1v) is 8.85. The van der Waals surface area contributed by atoms with Crippen molar-refractivity contribution in [2.75, 3.05) is 7.05 Å². The molecule has 3 aromatic rings. The third-order valence-corrected chi connectivity index (χ3v) is 4.54. The van der Waals surface area contributed by atoms with Gasteiger partial charge in [-0.1, -0.05) is 60.7 Å². The van der Waals surface area contributed by atoms with Crippen LogP contribution in [0.25, 0.3) is 11.4 Å². The first-order valence-electron chi connectivity index (χ1n) is 8.85. The lowest BCUT2D eigenvalue weighted by Gasteiger charge is -2.27. The number of aromatic nitrogens is 4. The summed E-state index contributed by atoms with van der Waals surface area (Å²) in [7, 11) is 1.48. The van der Waals surface area contributed by atoms with Crippen LogP contribution in [0.4, 0.5) is 0 Å². The van der Waals surface area contributed by atoms with Gasteiger partial charge in [-0.2, -0.15) is 4.80 Å². The first kappa shape index (κ1) is 19.2. The highest BCUT2D eigenvalue weighted by Crippen LogP contribution is 2.16. The Hall–Kier alpha value is -3.55. The number of rotatable bonds is 7. The molecule has 2 unspecified atom stereocenters. The predicted molar refractivity (Wildman–Crippen MR) is 102 cm³/mol. The van der Waals surface area contributed by atoms with Crippen LogP contribution in [0.3, 0.4) is 0 Å². The minimum atomic E-state index is -1.07. The van der Waals surface area contributed by atoms with E-state index in [1.54, 1.807) is 6.92 Å². The zero-order valence-corrected chi connectivity index (χ0v) is 15.6. The lowest BCUT2D eigenvalue weighted by molar-refractivity contribution is -0.150. The second kappa shape index (κ2) is 8.43. The van der Waals surface area contributed by atoms with Crippen LogP contribution in [0.5, 0.6) is 0 Å². The van der Waals surface area contributed by atoms with Gasteiger partial charge in [-0.05, 0) is 17.7 Å². The molecule has 8 heteroatoms. The summed E-state index contributed by atoms with van der Waals surface area (Å²) in [5.41, 5.74) is 1.63. The number of aliphatic carboxylic acids is 1. The second-order valence-corrected chi connectivity index (χ2v) is 6.47. The highest BCUT2D eigenvalue weighted by atomic mass is 16.4. The van der Waals surface area contributed by atoms with Crippen LogP contribution in [-0.2, 0) is 16.0 Å². The Morgan fingerprint density at radius 2 is 1.68 bits per heavy atom. The molecule has 0 aliphatic rings. The van der Waals surface area contributed by atoms with Gasteiger partial charge in [-0.3, -0.25) is 4.79 Å². The summed E-state index contributed by atoms with van der Waals surface area (Å²) in [5, 5.41) is 21.8. The number of hydrogen-bond donors (Lipinski definition) is 1. The summed E-state index contributed by atoms with van der Waals surface area (Å²) in [4.78, 5) is 27.1. The Morgan fingerprint density at radius 3 is 2.29 bits per heavy atom. The number of carbonyl (C=O) groups is 2. The molecule has 1 heterocycles. The fraction of sp³-hybridized carbons (Fsp3) is 0.250. The van der Waals surface area contributed by atoms with E-state index in [-0.39, 0.29) is 6.42 Å². The standard InChI is InChI=1S/C20H21N5O3/c1-14(25-22-18(21-23-25)16-11-7-4-8-12-16)19(26)24(2)17(20(27)28)13-15-9-5-3-6-10-15/h3-12,14,17H,13H2,1-2H3,(H,27,28). The van der Waals surface area contributed by atoms with Crippen molar-refractivity contribution in [2.24, 2.45) is 0 Å². The van der Waals surface area contributed by atoms with Crippen LogP contribution < -0.4 is 0 Å². The van der Waals surface area contributed by atoms with Gasteiger partial charge in [0.05, 0.1) is 0 Å². The van der Waals surface area contributed by atoms with Crippen LogP contribution in [-0.4, -0.2) is 55.2 Å². The maximum Gasteiger partial charge on any atom is 0.326 e. The number of nitrogens with zero attached hydrogens (tertiary/aromatic N) is 5. The highest BCUT2D eigenvalue weighted by molar-refractivity contribution is 5.85. The van der Waals surface area contributed by atoms with Crippen molar-refractivity contribution in [1.29, 1.82) is 0 Å². The van der Waals surface area contributed by atoms with E-state index in [1.165, 1.54) is 16.7 Å². The maximum absolute atomic E-state index is 12.9. The molecule has 28 heavy (non-hydrogen) atoms. The van der Waals surface area contributed by atoms with Gasteiger partial charge in [0.2, 0.25) is 11.7 Å². The Balaban J connectivity index is 1.76. The monoisotopic (exact) mass is 379 g/mol. The van der Waals surface area contributed by atoms with Gasteiger partial charge < -0.3 is 10.0 Å². The average Bonchev–Trinajstić information content (AvgIpc) is 3.22. The molecule has 2 atom stereocenters. The fourth-order valence-corrected chi connectivity index (χ4v) is 2.87. The summed E-state index contributed by atoms with van der Waals surface area (Å²) in [6.07, 6.45) is 0.213. The molecule has 0 bridgehead atoms. The lowest BCUT2D eigenvalue weighted by Crippen LogP contribution is -2.46. The number of carboxylic acid groups (broad SMARTS) is 1. The molecule has 0 fully saturated rings. The zero-order chi connectivity index (χ0) is 20.1. The van der Waals surface area contributed by atoms with E-state index in [2.05, 4.69) is 15.4 Å². The summed E-state index contributed by atoms with van der Waals surface area (Å²) < 4.78 is 0. The van der Waals surface area contributed by atoms with Crippen LogP contribution in [0.2, 0.25) is 0 Å². The van der Waals surface area contributed by atoms with E-state index in [0.29, 0.717) is 5.82 Å². The fourth-order valence-electron chi connectivity index (χ4n) is 2.87. The molecular weight excluding hydrogens is 358 g/mol. The molecule has 0 radical (unpaired) electrons. The molecular formula is C20H21N5O3. The third-order valence-electron chi connectivity index (χ3n) is 4.54. The Morgan fingerprint density at radius 1 is 1.07 bits per heavy atom. The minimum Gasteiger partial charge on any atom is -0.480 e. The molecule has 0 spiro atoms. The number of carbonyl (C=O) groups excluding carboxylic acids is 1. The summed E-state index contributed by atoms with van der Waals surface area (Å²) in [6, 6.07) is 16.7. The molecule has 0 aliphatic carbocycles. The maximum atomic E-state index is 12.9. The van der Waals surface area contributed by atoms with Gasteiger partial charge >= 0.3 is 5.97 Å². The van der Waals surface area contributed by atoms with Crippen molar-refractivity contribution >= 4 is 11.9 Å². The van der Waals surface area contributed by atoms with E-state index < -0.39 is 24.0 Å². The van der Waals surface area contributed by atoms with Crippen LogP contribution in [0, 0.1) is 0 Å². The number of hydrogen-bond acceptors (Lipinski definition) is 5. The zero-order valence-electron chi connectivity index (χ0n) is 15.6. The van der Waals surface area contributed by atoms with Crippen molar-refractivity contribution in [3.63, 3.8) is 0 Å². The molecule has 3 rings (SSSR count). The van der Waals surface area contributed by atoms with Crippen molar-refractivity contribution in [1.82, 2.24) is 25.1 Å². The van der Waals surface area contributed by atoms with E-state index in [0.717, 1.165) is 11.1 Å². The van der Waals surface area contributed by atoms with Crippen molar-refractivity contribution < 1.29 is 14.7 Å². The van der Waals surface area contributed by atoms with Gasteiger partial charge in [0.25, 0.3) is 0 Å². The van der Waals surface area contributed by atoms with Crippen molar-refractivity contribution in [3.8, 4) is 11.4 Å². The SMILES string of the molecule is CC(C(=O)N(C)C(Cc1ccccc1)C(=O)O)n1nnc(-c2ccccc2)n1. The molecule has 0 saturated heterocycles. The molecule has 0 aliphatic heterocycles. The molecule has 1 aromatic heterocycles. The Bertz CT molecular complexity index is 943. The first-order chi connectivity index (χ1) is 13.5. The number of carboxylic acids is 1. The summed E-state index contributed by atoms with van der Waals surface area (Å²) in [6.45, 7) is 1.62. The summed E-state index contributed by atoms with van der Waals surface area (Å²) >= 11 is 0. The van der Waals surface area contributed by atoms with Crippen molar-refractivity contribution in [3.05, 3.63) is 66.2 Å². The number of likely N-dealkylation sites (N-methyl/N-ethyl adjacent to an activating group) is 1. The number of amides is 1. The molecule has 1 N–H and O–H groups in total. The molecule has 2 aromatic carbocycles.